The van der Waals surface area contributed by atoms with Crippen LogP contribution in [0.15, 0.2) is 53.9 Å². The smallest absolute Gasteiger partial charge is 0.234 e. The summed E-state index contributed by atoms with van der Waals surface area (Å²) in [4.78, 5) is 12.5. The molecule has 7 nitrogen and oxygen atoms in total. The molecule has 8 heteroatoms. The fourth-order valence-electron chi connectivity index (χ4n) is 2.76. The molecule has 0 aliphatic heterocycles. The van der Waals surface area contributed by atoms with Crippen LogP contribution in [-0.4, -0.2) is 40.6 Å². The maximum Gasteiger partial charge on any atom is 0.234 e. The average molecular weight is 398 g/mol. The van der Waals surface area contributed by atoms with Crippen LogP contribution in [0.3, 0.4) is 0 Å². The molecule has 0 fully saturated rings. The first-order valence-electron chi connectivity index (χ1n) is 8.79. The Kier molecular flexibility index (Phi) is 6.54. The van der Waals surface area contributed by atoms with Gasteiger partial charge in [-0.05, 0) is 30.2 Å². The van der Waals surface area contributed by atoms with Crippen molar-refractivity contribution < 1.29 is 14.3 Å². The van der Waals surface area contributed by atoms with Crippen molar-refractivity contribution >= 4 is 23.4 Å². The molecule has 146 valence electrons. The second kappa shape index (κ2) is 9.27. The third kappa shape index (κ3) is 4.45. The van der Waals surface area contributed by atoms with Crippen molar-refractivity contribution in [3.63, 3.8) is 0 Å². The number of benzene rings is 2. The average Bonchev–Trinajstić information content (AvgIpc) is 3.20. The molecule has 0 atom stereocenters. The maximum absolute atomic E-state index is 12.5. The molecule has 1 heterocycles. The summed E-state index contributed by atoms with van der Waals surface area (Å²) in [6.45, 7) is 2.10. The summed E-state index contributed by atoms with van der Waals surface area (Å²) in [7, 11) is 3.13. The van der Waals surface area contributed by atoms with Gasteiger partial charge in [0.25, 0.3) is 0 Å². The van der Waals surface area contributed by atoms with E-state index in [1.165, 1.54) is 17.3 Å². The Hall–Kier alpha value is -3.00. The molecule has 2 aromatic carbocycles. The fourth-order valence-corrected chi connectivity index (χ4v) is 3.48. The van der Waals surface area contributed by atoms with Gasteiger partial charge in [-0.2, -0.15) is 0 Å². The number of carbonyl (C=O) groups is 1. The Morgan fingerprint density at radius 2 is 2.00 bits per heavy atom. The Balaban J connectivity index is 1.71. The van der Waals surface area contributed by atoms with E-state index in [-0.39, 0.29) is 11.7 Å². The third-order valence-corrected chi connectivity index (χ3v) is 5.10. The van der Waals surface area contributed by atoms with Crippen molar-refractivity contribution in [2.75, 3.05) is 25.3 Å². The van der Waals surface area contributed by atoms with E-state index in [9.17, 15) is 4.79 Å². The number of nitrogens with one attached hydrogen (secondary N) is 1. The molecule has 0 unspecified atom stereocenters. The molecular weight excluding hydrogens is 376 g/mol. The zero-order valence-electron chi connectivity index (χ0n) is 16.0. The van der Waals surface area contributed by atoms with Gasteiger partial charge in [-0.1, -0.05) is 36.9 Å². The van der Waals surface area contributed by atoms with Crippen LogP contribution in [0.1, 0.15) is 12.5 Å². The summed E-state index contributed by atoms with van der Waals surface area (Å²) in [5.41, 5.74) is 2.77. The van der Waals surface area contributed by atoms with Crippen LogP contribution in [0.25, 0.3) is 5.69 Å². The summed E-state index contributed by atoms with van der Waals surface area (Å²) in [5, 5.41) is 11.7. The van der Waals surface area contributed by atoms with Gasteiger partial charge in [0.1, 0.15) is 17.8 Å². The minimum atomic E-state index is -0.171. The molecule has 1 aromatic heterocycles. The van der Waals surface area contributed by atoms with Crippen molar-refractivity contribution in [3.05, 3.63) is 54.4 Å². The number of rotatable bonds is 8. The van der Waals surface area contributed by atoms with Crippen LogP contribution >= 0.6 is 11.8 Å². The first-order chi connectivity index (χ1) is 13.7. The number of nitrogens with zero attached hydrogens (tertiary/aromatic N) is 3. The second-order valence-corrected chi connectivity index (χ2v) is 6.81. The second-order valence-electron chi connectivity index (χ2n) is 5.87. The maximum atomic E-state index is 12.5. The van der Waals surface area contributed by atoms with Crippen LogP contribution in [-0.2, 0) is 11.2 Å². The molecule has 0 bridgehead atoms. The van der Waals surface area contributed by atoms with E-state index in [1.54, 1.807) is 38.7 Å². The van der Waals surface area contributed by atoms with Gasteiger partial charge in [0, 0.05) is 6.07 Å². The van der Waals surface area contributed by atoms with Crippen molar-refractivity contribution in [1.82, 2.24) is 14.8 Å². The molecule has 0 aliphatic carbocycles. The van der Waals surface area contributed by atoms with Gasteiger partial charge in [-0.25, -0.2) is 0 Å². The van der Waals surface area contributed by atoms with E-state index in [0.29, 0.717) is 22.3 Å². The topological polar surface area (TPSA) is 78.3 Å². The number of hydrogen-bond acceptors (Lipinski definition) is 6. The Bertz CT molecular complexity index is 958. The summed E-state index contributed by atoms with van der Waals surface area (Å²) in [5.74, 6) is 1.22. The summed E-state index contributed by atoms with van der Waals surface area (Å²) < 4.78 is 12.4. The van der Waals surface area contributed by atoms with Gasteiger partial charge >= 0.3 is 0 Å². The molecule has 0 saturated carbocycles. The molecule has 0 aliphatic rings. The largest absolute Gasteiger partial charge is 0.497 e. The molecule has 1 N–H and O–H groups in total. The number of hydrogen-bond donors (Lipinski definition) is 1. The van der Waals surface area contributed by atoms with Crippen LogP contribution in [0.2, 0.25) is 0 Å². The van der Waals surface area contributed by atoms with E-state index >= 15 is 0 Å². The van der Waals surface area contributed by atoms with Gasteiger partial charge in [0.05, 0.1) is 31.3 Å². The lowest BCUT2D eigenvalue weighted by Gasteiger charge is -2.12. The molecule has 0 saturated heterocycles. The predicted octanol–water partition coefficient (Wildman–Crippen LogP) is 3.58. The van der Waals surface area contributed by atoms with E-state index in [0.717, 1.165) is 12.1 Å². The highest BCUT2D eigenvalue weighted by molar-refractivity contribution is 7.99. The number of thioether (sulfide) groups is 1. The zero-order chi connectivity index (χ0) is 19.9. The number of methoxy groups -OCH3 is 2. The summed E-state index contributed by atoms with van der Waals surface area (Å²) in [6, 6.07) is 13.3. The first kappa shape index (κ1) is 19.8. The number of amides is 1. The quantitative estimate of drug-likeness (QED) is 0.585. The number of anilines is 1. The van der Waals surface area contributed by atoms with Crippen molar-refractivity contribution in [2.45, 2.75) is 18.5 Å². The van der Waals surface area contributed by atoms with Crippen molar-refractivity contribution in [1.29, 1.82) is 0 Å². The normalized spacial score (nSPS) is 10.5. The fraction of sp³-hybridized carbons (Fsp3) is 0.250. The molecule has 0 spiro atoms. The van der Waals surface area contributed by atoms with Crippen LogP contribution in [0.4, 0.5) is 5.69 Å². The van der Waals surface area contributed by atoms with E-state index in [1.807, 2.05) is 22.8 Å². The highest BCUT2D eigenvalue weighted by Gasteiger charge is 2.14. The molecular formula is C20H22N4O3S. The van der Waals surface area contributed by atoms with Crippen molar-refractivity contribution in [3.8, 4) is 17.2 Å². The number of ether oxygens (including phenoxy) is 2. The molecule has 3 rings (SSSR count). The minimum absolute atomic E-state index is 0.171. The highest BCUT2D eigenvalue weighted by atomic mass is 32.2. The van der Waals surface area contributed by atoms with Crippen LogP contribution in [0.5, 0.6) is 11.5 Å². The number of para-hydroxylation sites is 1. The lowest BCUT2D eigenvalue weighted by molar-refractivity contribution is -0.113. The molecule has 1 amide bonds. The number of aromatic nitrogens is 3. The molecule has 3 aromatic rings. The van der Waals surface area contributed by atoms with E-state index < -0.39 is 0 Å². The number of carbonyl (C=O) groups excluding carboxylic acids is 1. The van der Waals surface area contributed by atoms with Gasteiger partial charge in [-0.15, -0.1) is 10.2 Å². The zero-order valence-corrected chi connectivity index (χ0v) is 16.8. The molecule has 0 radical (unpaired) electrons. The Labute approximate surface area is 168 Å². The SMILES string of the molecule is CCc1ccccc1-n1cnnc1SCC(=O)Nc1cc(OC)ccc1OC. The Morgan fingerprint density at radius 3 is 2.75 bits per heavy atom. The van der Waals surface area contributed by atoms with E-state index in [4.69, 9.17) is 9.47 Å². The minimum Gasteiger partial charge on any atom is -0.497 e. The Morgan fingerprint density at radius 1 is 1.18 bits per heavy atom. The number of aryl methyl sites for hydroxylation is 1. The lowest BCUT2D eigenvalue weighted by Crippen LogP contribution is -2.15. The highest BCUT2D eigenvalue weighted by Crippen LogP contribution is 2.29. The third-order valence-electron chi connectivity index (χ3n) is 4.16. The lowest BCUT2D eigenvalue weighted by atomic mass is 10.1. The van der Waals surface area contributed by atoms with Gasteiger partial charge < -0.3 is 14.8 Å². The first-order valence-corrected chi connectivity index (χ1v) is 9.77. The van der Waals surface area contributed by atoms with Crippen LogP contribution < -0.4 is 14.8 Å². The monoisotopic (exact) mass is 398 g/mol. The van der Waals surface area contributed by atoms with Gasteiger partial charge in [0.15, 0.2) is 5.16 Å². The summed E-state index contributed by atoms with van der Waals surface area (Å²) in [6.07, 6.45) is 2.56. The van der Waals surface area contributed by atoms with E-state index in [2.05, 4.69) is 28.5 Å². The summed E-state index contributed by atoms with van der Waals surface area (Å²) >= 11 is 1.32. The van der Waals surface area contributed by atoms with Crippen molar-refractivity contribution in [2.24, 2.45) is 0 Å². The van der Waals surface area contributed by atoms with Crippen LogP contribution in [0, 0.1) is 0 Å². The standard InChI is InChI=1S/C20H22N4O3S/c1-4-14-7-5-6-8-17(14)24-13-21-23-20(24)28-12-19(25)22-16-11-15(26-2)9-10-18(16)27-3/h5-11,13H,4,12H2,1-3H3,(H,22,25). The molecule has 28 heavy (non-hydrogen) atoms. The van der Waals surface area contributed by atoms with Gasteiger partial charge in [0.2, 0.25) is 5.91 Å². The van der Waals surface area contributed by atoms with Gasteiger partial charge in [-0.3, -0.25) is 9.36 Å². The predicted molar refractivity (Wildman–Crippen MR) is 110 cm³/mol.